The molecule has 1 aromatic carbocycles. The highest BCUT2D eigenvalue weighted by atomic mass is 16.5. The van der Waals surface area contributed by atoms with Crippen LogP contribution in [0, 0.1) is 6.92 Å². The molecule has 31 heavy (non-hydrogen) atoms. The number of aromatic hydroxyl groups is 2. The van der Waals surface area contributed by atoms with Gasteiger partial charge in [0.1, 0.15) is 34.0 Å². The van der Waals surface area contributed by atoms with Crippen molar-refractivity contribution in [3.63, 3.8) is 0 Å². The number of rotatable bonds is 7. The summed E-state index contributed by atoms with van der Waals surface area (Å²) in [4.78, 5) is 38.6. The second-order valence-corrected chi connectivity index (χ2v) is 8.16. The molecule has 1 aromatic rings. The van der Waals surface area contributed by atoms with Gasteiger partial charge in [0.15, 0.2) is 17.3 Å². The monoisotopic (exact) mass is 428 g/mol. The fraction of sp³-hybridized carbons (Fsp3) is 0.435. The highest BCUT2D eigenvalue weighted by Gasteiger charge is 2.56. The standard InChI is InChI=1S/C23H28N2O6/c1-11-19(28)17(13(3)26)21-18(20(11)29)23(4)15(31-21)10-14(27)16(22(23)30)12(2)25-9-7-5-6-8-24/h10,25,28-29H,5-9,24H2,1-4H3/b16-12+/t23-/m0/s1. The summed E-state index contributed by atoms with van der Waals surface area (Å²) in [7, 11) is 0. The number of phenolic OH excluding ortho intramolecular Hbond substituents is 2. The summed E-state index contributed by atoms with van der Waals surface area (Å²) in [5.74, 6) is -2.33. The number of phenols is 2. The number of ether oxygens (including phenoxy) is 1. The topological polar surface area (TPSA) is 139 Å². The molecule has 8 heteroatoms. The van der Waals surface area contributed by atoms with E-state index in [1.165, 1.54) is 19.9 Å². The molecule has 0 saturated heterocycles. The Bertz CT molecular complexity index is 1050. The first-order valence-corrected chi connectivity index (χ1v) is 10.3. The van der Waals surface area contributed by atoms with Crippen LogP contribution in [-0.4, -0.2) is 40.7 Å². The number of ketones is 3. The van der Waals surface area contributed by atoms with E-state index in [4.69, 9.17) is 10.5 Å². The molecule has 0 fully saturated rings. The number of hydrogen-bond donors (Lipinski definition) is 4. The summed E-state index contributed by atoms with van der Waals surface area (Å²) in [6.07, 6.45) is 3.89. The Morgan fingerprint density at radius 1 is 1.16 bits per heavy atom. The zero-order chi connectivity index (χ0) is 23.1. The smallest absolute Gasteiger partial charge is 0.194 e. The molecule has 3 rings (SSSR count). The molecule has 0 bridgehead atoms. The molecule has 0 radical (unpaired) electrons. The minimum Gasteiger partial charge on any atom is -0.507 e. The van der Waals surface area contributed by atoms with Crippen LogP contribution in [0.25, 0.3) is 0 Å². The minimum absolute atomic E-state index is 0.0176. The van der Waals surface area contributed by atoms with Crippen molar-refractivity contribution in [1.82, 2.24) is 5.32 Å². The van der Waals surface area contributed by atoms with Gasteiger partial charge in [-0.05, 0) is 47.1 Å². The average molecular weight is 428 g/mol. The number of carbonyl (C=O) groups is 3. The predicted octanol–water partition coefficient (Wildman–Crippen LogP) is 2.29. The molecule has 2 aliphatic rings. The second-order valence-electron chi connectivity index (χ2n) is 8.16. The van der Waals surface area contributed by atoms with Crippen LogP contribution >= 0.6 is 0 Å². The van der Waals surface area contributed by atoms with E-state index < -0.39 is 28.5 Å². The molecule has 1 atom stereocenters. The van der Waals surface area contributed by atoms with Gasteiger partial charge in [0.2, 0.25) is 0 Å². The fourth-order valence-corrected chi connectivity index (χ4v) is 4.17. The summed E-state index contributed by atoms with van der Waals surface area (Å²) >= 11 is 0. The number of fused-ring (bicyclic) bond motifs is 3. The van der Waals surface area contributed by atoms with Crippen molar-refractivity contribution in [2.24, 2.45) is 5.73 Å². The van der Waals surface area contributed by atoms with Crippen LogP contribution in [0.5, 0.6) is 17.2 Å². The van der Waals surface area contributed by atoms with Gasteiger partial charge in [0, 0.05) is 23.9 Å². The predicted molar refractivity (Wildman–Crippen MR) is 114 cm³/mol. The van der Waals surface area contributed by atoms with E-state index in [0.717, 1.165) is 19.3 Å². The molecule has 1 aliphatic heterocycles. The highest BCUT2D eigenvalue weighted by molar-refractivity contribution is 6.31. The molecule has 0 unspecified atom stereocenters. The van der Waals surface area contributed by atoms with E-state index in [0.29, 0.717) is 18.8 Å². The van der Waals surface area contributed by atoms with Gasteiger partial charge in [-0.3, -0.25) is 14.4 Å². The summed E-state index contributed by atoms with van der Waals surface area (Å²) in [5.41, 5.74) is 4.46. The van der Waals surface area contributed by atoms with Crippen LogP contribution in [0.3, 0.4) is 0 Å². The van der Waals surface area contributed by atoms with E-state index >= 15 is 0 Å². The second kappa shape index (κ2) is 8.19. The van der Waals surface area contributed by atoms with E-state index in [9.17, 15) is 24.6 Å². The molecule has 0 saturated carbocycles. The molecule has 166 valence electrons. The summed E-state index contributed by atoms with van der Waals surface area (Å²) in [6, 6.07) is 0. The maximum Gasteiger partial charge on any atom is 0.194 e. The van der Waals surface area contributed by atoms with Crippen molar-refractivity contribution in [1.29, 1.82) is 0 Å². The van der Waals surface area contributed by atoms with Gasteiger partial charge < -0.3 is 26.0 Å². The normalized spacial score (nSPS) is 21.3. The number of allylic oxidation sites excluding steroid dienone is 4. The van der Waals surface area contributed by atoms with Crippen molar-refractivity contribution in [2.45, 2.75) is 52.4 Å². The van der Waals surface area contributed by atoms with Gasteiger partial charge in [-0.2, -0.15) is 0 Å². The first kappa shape index (κ1) is 22.6. The van der Waals surface area contributed by atoms with Crippen molar-refractivity contribution in [2.75, 3.05) is 13.1 Å². The highest BCUT2D eigenvalue weighted by Crippen LogP contribution is 2.57. The first-order chi connectivity index (χ1) is 14.6. The Morgan fingerprint density at radius 2 is 1.84 bits per heavy atom. The van der Waals surface area contributed by atoms with Crippen molar-refractivity contribution in [3.8, 4) is 17.2 Å². The lowest BCUT2D eigenvalue weighted by atomic mass is 9.70. The molecular formula is C23H28N2O6. The van der Waals surface area contributed by atoms with Crippen LogP contribution in [0.4, 0.5) is 0 Å². The Morgan fingerprint density at radius 3 is 2.45 bits per heavy atom. The van der Waals surface area contributed by atoms with E-state index in [2.05, 4.69) is 5.32 Å². The third-order valence-electron chi connectivity index (χ3n) is 6.03. The summed E-state index contributed by atoms with van der Waals surface area (Å²) in [5, 5.41) is 24.3. The van der Waals surface area contributed by atoms with Crippen LogP contribution < -0.4 is 15.8 Å². The van der Waals surface area contributed by atoms with Crippen LogP contribution in [0.1, 0.15) is 61.5 Å². The molecule has 0 amide bonds. The summed E-state index contributed by atoms with van der Waals surface area (Å²) in [6.45, 7) is 7.12. The Balaban J connectivity index is 2.10. The van der Waals surface area contributed by atoms with E-state index in [-0.39, 0.29) is 39.5 Å². The maximum absolute atomic E-state index is 13.6. The lowest BCUT2D eigenvalue weighted by molar-refractivity contribution is -0.123. The molecule has 1 heterocycles. The number of Topliss-reactive ketones (excluding diaryl/α,β-unsaturated/α-hetero) is 2. The first-order valence-electron chi connectivity index (χ1n) is 10.3. The van der Waals surface area contributed by atoms with Crippen molar-refractivity contribution >= 4 is 17.3 Å². The number of nitrogens with one attached hydrogen (secondary N) is 1. The van der Waals surface area contributed by atoms with Crippen LogP contribution in [0.2, 0.25) is 0 Å². The van der Waals surface area contributed by atoms with Gasteiger partial charge in [0.05, 0.1) is 11.1 Å². The van der Waals surface area contributed by atoms with Gasteiger partial charge >= 0.3 is 0 Å². The minimum atomic E-state index is -1.49. The average Bonchev–Trinajstić information content (AvgIpc) is 2.99. The third kappa shape index (κ3) is 3.40. The summed E-state index contributed by atoms with van der Waals surface area (Å²) < 4.78 is 5.74. The number of hydrogen-bond acceptors (Lipinski definition) is 8. The maximum atomic E-state index is 13.6. The molecular weight excluding hydrogens is 400 g/mol. The van der Waals surface area contributed by atoms with Gasteiger partial charge in [-0.15, -0.1) is 0 Å². The molecule has 1 aliphatic carbocycles. The molecule has 5 N–H and O–H groups in total. The van der Waals surface area contributed by atoms with Crippen molar-refractivity contribution in [3.05, 3.63) is 39.8 Å². The van der Waals surface area contributed by atoms with Crippen LogP contribution in [0.15, 0.2) is 23.1 Å². The number of nitrogens with two attached hydrogens (primary N) is 1. The van der Waals surface area contributed by atoms with Crippen LogP contribution in [-0.2, 0) is 15.0 Å². The largest absolute Gasteiger partial charge is 0.507 e. The van der Waals surface area contributed by atoms with Crippen molar-refractivity contribution < 1.29 is 29.3 Å². The third-order valence-corrected chi connectivity index (χ3v) is 6.03. The van der Waals surface area contributed by atoms with Gasteiger partial charge in [0.25, 0.3) is 0 Å². The number of carbonyl (C=O) groups excluding carboxylic acids is 3. The molecule has 8 nitrogen and oxygen atoms in total. The zero-order valence-corrected chi connectivity index (χ0v) is 18.2. The SMILES string of the molecule is CC(=O)c1c(O)c(C)c(O)c2c1OC1=CC(=O)/C(=C(/C)NCCCCCN)C(=O)[C@@]12C. The molecule has 0 spiro atoms. The Hall–Kier alpha value is -3.13. The fourth-order valence-electron chi connectivity index (χ4n) is 4.17. The van der Waals surface area contributed by atoms with Gasteiger partial charge in [-0.25, -0.2) is 0 Å². The Labute approximate surface area is 180 Å². The van der Waals surface area contributed by atoms with E-state index in [1.54, 1.807) is 13.8 Å². The number of benzene rings is 1. The Kier molecular flexibility index (Phi) is 5.96. The number of unbranched alkanes of at least 4 members (excludes halogenated alkanes) is 2. The van der Waals surface area contributed by atoms with Gasteiger partial charge in [-0.1, -0.05) is 6.42 Å². The van der Waals surface area contributed by atoms with E-state index in [1.807, 2.05) is 0 Å². The lowest BCUT2D eigenvalue weighted by Crippen LogP contribution is -2.41. The lowest BCUT2D eigenvalue weighted by Gasteiger charge is -2.29. The molecule has 0 aromatic heterocycles. The quantitative estimate of drug-likeness (QED) is 0.225. The zero-order valence-electron chi connectivity index (χ0n) is 18.2.